The lowest BCUT2D eigenvalue weighted by Crippen LogP contribution is -2.39. The quantitative estimate of drug-likeness (QED) is 0.869. The van der Waals surface area contributed by atoms with Crippen molar-refractivity contribution in [1.82, 2.24) is 15.3 Å². The fourth-order valence-corrected chi connectivity index (χ4v) is 3.82. The number of para-hydroxylation sites is 1. The van der Waals surface area contributed by atoms with Crippen LogP contribution in [0.4, 0.5) is 5.69 Å². The van der Waals surface area contributed by atoms with Gasteiger partial charge in [0.1, 0.15) is 0 Å². The highest BCUT2D eigenvalue weighted by molar-refractivity contribution is 7.92. The number of imidazole rings is 1. The Bertz CT molecular complexity index is 697. The average Bonchev–Trinajstić information content (AvgIpc) is 2.92. The number of nitrogens with one attached hydrogen (secondary N) is 2. The molecule has 1 aliphatic rings. The van der Waals surface area contributed by atoms with E-state index in [1.54, 1.807) is 0 Å². The van der Waals surface area contributed by atoms with E-state index in [4.69, 9.17) is 0 Å². The summed E-state index contributed by atoms with van der Waals surface area (Å²) in [6.45, 7) is 3.02. The van der Waals surface area contributed by atoms with Crippen LogP contribution in [-0.2, 0) is 16.6 Å². The van der Waals surface area contributed by atoms with E-state index < -0.39 is 10.0 Å². The molecule has 1 aromatic heterocycles. The number of hydrogen-bond acceptors (Lipinski definition) is 4. The first-order valence-corrected chi connectivity index (χ1v) is 7.85. The number of aromatic amines is 1. The highest BCUT2D eigenvalue weighted by Gasteiger charge is 2.30. The molecular formula is C13H16N4O2S. The number of benzene rings is 1. The van der Waals surface area contributed by atoms with Gasteiger partial charge in [0.2, 0.25) is 0 Å². The molecule has 0 amide bonds. The van der Waals surface area contributed by atoms with Gasteiger partial charge in [-0.1, -0.05) is 18.2 Å². The van der Waals surface area contributed by atoms with Crippen LogP contribution in [0.2, 0.25) is 0 Å². The molecule has 7 heteroatoms. The zero-order valence-corrected chi connectivity index (χ0v) is 11.9. The minimum atomic E-state index is -3.61. The van der Waals surface area contributed by atoms with Crippen LogP contribution in [0.5, 0.6) is 0 Å². The Morgan fingerprint density at radius 3 is 2.90 bits per heavy atom. The van der Waals surface area contributed by atoms with Gasteiger partial charge in [-0.05, 0) is 18.6 Å². The summed E-state index contributed by atoms with van der Waals surface area (Å²) in [7, 11) is -3.61. The van der Waals surface area contributed by atoms with Crippen LogP contribution in [-0.4, -0.2) is 31.0 Å². The molecule has 0 aliphatic carbocycles. The Labute approximate surface area is 117 Å². The predicted octanol–water partition coefficient (Wildman–Crippen LogP) is 1.10. The monoisotopic (exact) mass is 292 g/mol. The van der Waals surface area contributed by atoms with E-state index in [0.717, 1.165) is 11.3 Å². The van der Waals surface area contributed by atoms with E-state index in [1.165, 1.54) is 16.8 Å². The molecular weight excluding hydrogens is 276 g/mol. The molecule has 1 atom stereocenters. The summed E-state index contributed by atoms with van der Waals surface area (Å²) >= 11 is 0. The zero-order valence-electron chi connectivity index (χ0n) is 11.1. The van der Waals surface area contributed by atoms with Crippen molar-refractivity contribution in [3.05, 3.63) is 42.4 Å². The smallest absolute Gasteiger partial charge is 0.281 e. The largest absolute Gasteiger partial charge is 0.334 e. The van der Waals surface area contributed by atoms with E-state index in [1.807, 2.05) is 31.2 Å². The number of hydrogen-bond donors (Lipinski definition) is 2. The molecule has 6 nitrogen and oxygen atoms in total. The summed E-state index contributed by atoms with van der Waals surface area (Å²) in [5, 5.41) is 3.43. The highest BCUT2D eigenvalue weighted by atomic mass is 32.2. The second-order valence-corrected chi connectivity index (χ2v) is 6.69. The SMILES string of the molecule is CC1CN(S(=O)(=O)c2cnc[nH]2)c2ccccc2CN1. The highest BCUT2D eigenvalue weighted by Crippen LogP contribution is 2.28. The van der Waals surface area contributed by atoms with E-state index in [9.17, 15) is 8.42 Å². The average molecular weight is 292 g/mol. The standard InChI is InChI=1S/C13H16N4O2S/c1-10-8-17(20(18,19)13-7-14-9-16-13)12-5-3-2-4-11(12)6-15-10/h2-5,7,9-10,15H,6,8H2,1H3,(H,14,16). The molecule has 106 valence electrons. The zero-order chi connectivity index (χ0) is 14.2. The molecule has 2 heterocycles. The number of nitrogens with zero attached hydrogens (tertiary/aromatic N) is 2. The maximum absolute atomic E-state index is 12.7. The number of rotatable bonds is 2. The van der Waals surface area contributed by atoms with Gasteiger partial charge in [-0.15, -0.1) is 0 Å². The maximum Gasteiger partial charge on any atom is 0.281 e. The fourth-order valence-electron chi connectivity index (χ4n) is 2.33. The molecule has 20 heavy (non-hydrogen) atoms. The minimum Gasteiger partial charge on any atom is -0.334 e. The minimum absolute atomic E-state index is 0.0695. The first-order chi connectivity index (χ1) is 9.59. The normalized spacial score (nSPS) is 19.4. The maximum atomic E-state index is 12.7. The first kappa shape index (κ1) is 13.1. The number of aromatic nitrogens is 2. The van der Waals surface area contributed by atoms with Gasteiger partial charge in [0, 0.05) is 19.1 Å². The van der Waals surface area contributed by atoms with Crippen LogP contribution in [0.15, 0.2) is 41.8 Å². The third-order valence-corrected chi connectivity index (χ3v) is 5.09. The Morgan fingerprint density at radius 1 is 1.35 bits per heavy atom. The van der Waals surface area contributed by atoms with E-state index in [-0.39, 0.29) is 11.1 Å². The Hall–Kier alpha value is -1.86. The number of fused-ring (bicyclic) bond motifs is 1. The molecule has 3 rings (SSSR count). The van der Waals surface area contributed by atoms with Crippen LogP contribution in [0.1, 0.15) is 12.5 Å². The van der Waals surface area contributed by atoms with E-state index in [2.05, 4.69) is 15.3 Å². The molecule has 0 fully saturated rings. The lowest BCUT2D eigenvalue weighted by atomic mass is 10.2. The Kier molecular flexibility index (Phi) is 3.23. The molecule has 0 spiro atoms. The number of anilines is 1. The van der Waals surface area contributed by atoms with Crippen molar-refractivity contribution in [2.24, 2.45) is 0 Å². The predicted molar refractivity (Wildman–Crippen MR) is 75.9 cm³/mol. The van der Waals surface area contributed by atoms with Crippen LogP contribution in [0.25, 0.3) is 0 Å². The summed E-state index contributed by atoms with van der Waals surface area (Å²) in [6, 6.07) is 7.61. The molecule has 0 saturated carbocycles. The molecule has 0 bridgehead atoms. The van der Waals surface area contributed by atoms with Gasteiger partial charge in [-0.25, -0.2) is 4.98 Å². The second-order valence-electron chi connectivity index (χ2n) is 4.86. The molecule has 2 N–H and O–H groups in total. The van der Waals surface area contributed by atoms with Crippen molar-refractivity contribution in [2.75, 3.05) is 10.8 Å². The number of sulfonamides is 1. The van der Waals surface area contributed by atoms with Gasteiger partial charge in [0.05, 0.1) is 18.2 Å². The van der Waals surface area contributed by atoms with Crippen molar-refractivity contribution >= 4 is 15.7 Å². The third kappa shape index (κ3) is 2.19. The van der Waals surface area contributed by atoms with Gasteiger partial charge in [-0.3, -0.25) is 4.31 Å². The summed E-state index contributed by atoms with van der Waals surface area (Å²) in [6.07, 6.45) is 2.71. The van der Waals surface area contributed by atoms with Gasteiger partial charge >= 0.3 is 0 Å². The first-order valence-electron chi connectivity index (χ1n) is 6.41. The summed E-state index contributed by atoms with van der Waals surface area (Å²) in [5.74, 6) is 0. The Morgan fingerprint density at radius 2 is 2.15 bits per heavy atom. The van der Waals surface area contributed by atoms with Crippen molar-refractivity contribution < 1.29 is 8.42 Å². The van der Waals surface area contributed by atoms with Crippen LogP contribution >= 0.6 is 0 Å². The lowest BCUT2D eigenvalue weighted by Gasteiger charge is -2.25. The summed E-state index contributed by atoms with van der Waals surface area (Å²) < 4.78 is 26.9. The summed E-state index contributed by atoms with van der Waals surface area (Å²) in [5.41, 5.74) is 1.69. The molecule has 2 aromatic rings. The molecule has 0 radical (unpaired) electrons. The van der Waals surface area contributed by atoms with E-state index >= 15 is 0 Å². The van der Waals surface area contributed by atoms with Gasteiger partial charge in [-0.2, -0.15) is 8.42 Å². The van der Waals surface area contributed by atoms with Gasteiger partial charge < -0.3 is 10.3 Å². The van der Waals surface area contributed by atoms with Crippen molar-refractivity contribution in [3.8, 4) is 0 Å². The topological polar surface area (TPSA) is 78.1 Å². The number of H-pyrrole nitrogens is 1. The van der Waals surface area contributed by atoms with Gasteiger partial charge in [0.25, 0.3) is 10.0 Å². The fraction of sp³-hybridized carbons (Fsp3) is 0.308. The Balaban J connectivity index is 2.12. The third-order valence-electron chi connectivity index (χ3n) is 3.38. The second kappa shape index (κ2) is 4.92. The molecule has 1 aliphatic heterocycles. The molecule has 1 aromatic carbocycles. The van der Waals surface area contributed by atoms with Gasteiger partial charge in [0.15, 0.2) is 5.03 Å². The van der Waals surface area contributed by atoms with Crippen LogP contribution in [0, 0.1) is 0 Å². The molecule has 1 unspecified atom stereocenters. The molecule has 0 saturated heterocycles. The van der Waals surface area contributed by atoms with Crippen LogP contribution < -0.4 is 9.62 Å². The van der Waals surface area contributed by atoms with Crippen molar-refractivity contribution in [1.29, 1.82) is 0 Å². The van der Waals surface area contributed by atoms with Crippen molar-refractivity contribution in [2.45, 2.75) is 24.5 Å². The lowest BCUT2D eigenvalue weighted by molar-refractivity contribution is 0.555. The van der Waals surface area contributed by atoms with Crippen LogP contribution in [0.3, 0.4) is 0 Å². The van der Waals surface area contributed by atoms with Crippen molar-refractivity contribution in [3.63, 3.8) is 0 Å². The summed E-state index contributed by atoms with van der Waals surface area (Å²) in [4.78, 5) is 6.48. The van der Waals surface area contributed by atoms with E-state index in [0.29, 0.717) is 13.1 Å².